The van der Waals surface area contributed by atoms with Gasteiger partial charge in [-0.1, -0.05) is 0 Å². The van der Waals surface area contributed by atoms with Crippen molar-refractivity contribution in [1.29, 1.82) is 0 Å². The second-order valence-electron chi connectivity index (χ2n) is 6.37. The zero-order valence-electron chi connectivity index (χ0n) is 14.8. The molecule has 0 aliphatic heterocycles. The smallest absolute Gasteiger partial charge is 0.341 e. The van der Waals surface area contributed by atoms with Crippen LogP contribution in [-0.2, 0) is 4.79 Å². The Morgan fingerprint density at radius 1 is 1.04 bits per heavy atom. The maximum absolute atomic E-state index is 12.6. The van der Waals surface area contributed by atoms with E-state index in [1.165, 1.54) is 4.90 Å². The van der Waals surface area contributed by atoms with Gasteiger partial charge >= 0.3 is 5.97 Å². The minimum Gasteiger partial charge on any atom is -0.482 e. The largest absolute Gasteiger partial charge is 0.482 e. The minimum atomic E-state index is -1.05. The molecular weight excluding hydrogens is 348 g/mol. The lowest BCUT2D eigenvalue weighted by Crippen LogP contribution is -2.27. The summed E-state index contributed by atoms with van der Waals surface area (Å²) in [6.07, 6.45) is 2.04. The molecule has 0 spiro atoms. The van der Waals surface area contributed by atoms with Crippen molar-refractivity contribution in [2.75, 3.05) is 18.6 Å². The minimum absolute atomic E-state index is 0.123. The average molecular weight is 368 g/mol. The molecule has 0 atom stereocenters. The van der Waals surface area contributed by atoms with Gasteiger partial charge in [0.05, 0.1) is 0 Å². The normalized spacial score (nSPS) is 12.9. The highest BCUT2D eigenvalue weighted by molar-refractivity contribution is 6.06. The van der Waals surface area contributed by atoms with E-state index in [0.717, 1.165) is 12.8 Å². The van der Waals surface area contributed by atoms with E-state index in [1.807, 2.05) is 0 Å². The molecule has 2 N–H and O–H groups in total. The van der Waals surface area contributed by atoms with Crippen molar-refractivity contribution in [2.24, 2.45) is 0 Å². The summed E-state index contributed by atoms with van der Waals surface area (Å²) in [6.45, 7) is -0.422. The van der Waals surface area contributed by atoms with Crippen molar-refractivity contribution in [2.45, 2.75) is 18.9 Å². The Labute approximate surface area is 156 Å². The molecule has 140 valence electrons. The molecule has 2 aromatic carbocycles. The molecule has 0 heterocycles. The Bertz CT molecular complexity index is 842. The molecule has 0 bridgehead atoms. The number of anilines is 1. The summed E-state index contributed by atoms with van der Waals surface area (Å²) in [4.78, 5) is 36.6. The third-order valence-corrected chi connectivity index (χ3v) is 4.20. The van der Waals surface area contributed by atoms with Gasteiger partial charge in [-0.25, -0.2) is 4.79 Å². The third-order valence-electron chi connectivity index (χ3n) is 4.20. The van der Waals surface area contributed by atoms with Crippen molar-refractivity contribution in [3.8, 4) is 5.75 Å². The fraction of sp³-hybridized carbons (Fsp3) is 0.250. The molecule has 2 aromatic rings. The highest BCUT2D eigenvalue weighted by atomic mass is 16.5. The van der Waals surface area contributed by atoms with Crippen LogP contribution in [0, 0.1) is 0 Å². The number of hydrogen-bond donors (Lipinski definition) is 2. The van der Waals surface area contributed by atoms with E-state index < -0.39 is 12.6 Å². The number of ether oxygens (including phenoxy) is 1. The number of amides is 2. The molecule has 1 fully saturated rings. The van der Waals surface area contributed by atoms with Crippen molar-refractivity contribution >= 4 is 23.5 Å². The highest BCUT2D eigenvalue weighted by Crippen LogP contribution is 2.21. The number of hydrogen-bond acceptors (Lipinski definition) is 4. The van der Waals surface area contributed by atoms with Crippen LogP contribution in [0.15, 0.2) is 48.5 Å². The van der Waals surface area contributed by atoms with E-state index in [-0.39, 0.29) is 17.9 Å². The number of nitrogens with zero attached hydrogens (tertiary/aromatic N) is 1. The molecule has 1 aliphatic rings. The van der Waals surface area contributed by atoms with Gasteiger partial charge in [-0.15, -0.1) is 0 Å². The van der Waals surface area contributed by atoms with Gasteiger partial charge in [-0.3, -0.25) is 9.59 Å². The lowest BCUT2D eigenvalue weighted by molar-refractivity contribution is -0.139. The van der Waals surface area contributed by atoms with Crippen LogP contribution in [-0.4, -0.2) is 42.6 Å². The monoisotopic (exact) mass is 368 g/mol. The van der Waals surface area contributed by atoms with E-state index >= 15 is 0 Å². The first-order chi connectivity index (χ1) is 12.9. The van der Waals surface area contributed by atoms with Crippen molar-refractivity contribution < 1.29 is 24.2 Å². The molecule has 2 amide bonds. The van der Waals surface area contributed by atoms with E-state index in [9.17, 15) is 14.4 Å². The topological polar surface area (TPSA) is 95.9 Å². The summed E-state index contributed by atoms with van der Waals surface area (Å²) in [5, 5.41) is 11.5. The number of carbonyl (C=O) groups excluding carboxylic acids is 2. The zero-order valence-corrected chi connectivity index (χ0v) is 14.8. The molecule has 0 unspecified atom stereocenters. The van der Waals surface area contributed by atoms with Gasteiger partial charge in [0.1, 0.15) is 5.75 Å². The van der Waals surface area contributed by atoms with Gasteiger partial charge < -0.3 is 20.1 Å². The number of benzene rings is 2. The van der Waals surface area contributed by atoms with E-state index in [4.69, 9.17) is 9.84 Å². The number of aliphatic carboxylic acids is 1. The second kappa shape index (κ2) is 7.90. The molecule has 0 radical (unpaired) electrons. The Morgan fingerprint density at radius 2 is 1.63 bits per heavy atom. The van der Waals surface area contributed by atoms with Crippen LogP contribution in [0.5, 0.6) is 5.75 Å². The number of rotatable bonds is 7. The van der Waals surface area contributed by atoms with Crippen LogP contribution in [0.1, 0.15) is 33.6 Å². The lowest BCUT2D eigenvalue weighted by Gasteiger charge is -2.18. The van der Waals surface area contributed by atoms with Crippen LogP contribution in [0.25, 0.3) is 0 Å². The summed E-state index contributed by atoms with van der Waals surface area (Å²) >= 11 is 0. The fourth-order valence-corrected chi connectivity index (χ4v) is 2.48. The summed E-state index contributed by atoms with van der Waals surface area (Å²) in [7, 11) is 1.64. The second-order valence-corrected chi connectivity index (χ2v) is 6.37. The SMILES string of the molecule is CN(C(=O)c1ccc(C(=O)NC2CC2)cc1)c1ccc(OCC(=O)O)cc1. The van der Waals surface area contributed by atoms with Gasteiger partial charge in [0.15, 0.2) is 6.61 Å². The highest BCUT2D eigenvalue weighted by Gasteiger charge is 2.24. The Morgan fingerprint density at radius 3 is 2.19 bits per heavy atom. The van der Waals surface area contributed by atoms with Gasteiger partial charge in [0, 0.05) is 29.9 Å². The number of carboxylic acid groups (broad SMARTS) is 1. The Kier molecular flexibility index (Phi) is 5.40. The standard InChI is InChI=1S/C20H20N2O5/c1-22(16-8-10-17(11-9-16)27-12-18(23)24)20(26)14-4-2-13(3-5-14)19(25)21-15-6-7-15/h2-5,8-11,15H,6-7,12H2,1H3,(H,21,25)(H,23,24). The quantitative estimate of drug-likeness (QED) is 0.782. The first kappa shape index (κ1) is 18.4. The molecule has 1 aliphatic carbocycles. The van der Waals surface area contributed by atoms with Crippen LogP contribution >= 0.6 is 0 Å². The molecule has 7 nitrogen and oxygen atoms in total. The van der Waals surface area contributed by atoms with Crippen molar-refractivity contribution in [3.63, 3.8) is 0 Å². The molecule has 7 heteroatoms. The lowest BCUT2D eigenvalue weighted by atomic mass is 10.1. The fourth-order valence-electron chi connectivity index (χ4n) is 2.48. The van der Waals surface area contributed by atoms with E-state index in [0.29, 0.717) is 22.6 Å². The van der Waals surface area contributed by atoms with Gasteiger partial charge in [-0.2, -0.15) is 0 Å². The summed E-state index contributed by atoms with van der Waals surface area (Å²) in [5.74, 6) is -0.987. The average Bonchev–Trinajstić information content (AvgIpc) is 3.49. The molecule has 3 rings (SSSR count). The summed E-state index contributed by atoms with van der Waals surface area (Å²) in [5.41, 5.74) is 1.63. The first-order valence-electron chi connectivity index (χ1n) is 8.57. The maximum Gasteiger partial charge on any atom is 0.341 e. The van der Waals surface area contributed by atoms with E-state index in [2.05, 4.69) is 5.32 Å². The van der Waals surface area contributed by atoms with Crippen LogP contribution < -0.4 is 15.0 Å². The maximum atomic E-state index is 12.6. The molecule has 0 saturated heterocycles. The predicted octanol–water partition coefficient (Wildman–Crippen LogP) is 2.32. The van der Waals surface area contributed by atoms with Crippen LogP contribution in [0.4, 0.5) is 5.69 Å². The van der Waals surface area contributed by atoms with Crippen molar-refractivity contribution in [1.82, 2.24) is 5.32 Å². The molecule has 27 heavy (non-hydrogen) atoms. The summed E-state index contributed by atoms with van der Waals surface area (Å²) < 4.78 is 5.07. The number of carbonyl (C=O) groups is 3. The van der Waals surface area contributed by atoms with Crippen LogP contribution in [0.3, 0.4) is 0 Å². The summed E-state index contributed by atoms with van der Waals surface area (Å²) in [6, 6.07) is 13.4. The number of nitrogens with one attached hydrogen (secondary N) is 1. The predicted molar refractivity (Wildman–Crippen MR) is 99.2 cm³/mol. The molecular formula is C20H20N2O5. The van der Waals surface area contributed by atoms with Gasteiger partial charge in [0.25, 0.3) is 11.8 Å². The molecule has 1 saturated carbocycles. The Hall–Kier alpha value is -3.35. The zero-order chi connectivity index (χ0) is 19.4. The van der Waals surface area contributed by atoms with Crippen LogP contribution in [0.2, 0.25) is 0 Å². The van der Waals surface area contributed by atoms with E-state index in [1.54, 1.807) is 55.6 Å². The van der Waals surface area contributed by atoms with Gasteiger partial charge in [0.2, 0.25) is 0 Å². The molecule has 0 aromatic heterocycles. The van der Waals surface area contributed by atoms with Gasteiger partial charge in [-0.05, 0) is 61.4 Å². The Balaban J connectivity index is 1.63. The van der Waals surface area contributed by atoms with Crippen molar-refractivity contribution in [3.05, 3.63) is 59.7 Å². The number of carboxylic acids is 1. The third kappa shape index (κ3) is 4.84. The first-order valence-corrected chi connectivity index (χ1v) is 8.57.